The summed E-state index contributed by atoms with van der Waals surface area (Å²) in [6.45, 7) is 0. The Kier molecular flexibility index (Phi) is 13.2. The molecule has 6 rings (SSSR count). The average molecular weight is 665 g/mol. The second-order valence-electron chi connectivity index (χ2n) is 11.6. The zero-order valence-corrected chi connectivity index (χ0v) is 25.8. The van der Waals surface area contributed by atoms with Crippen molar-refractivity contribution in [1.82, 2.24) is 9.80 Å². The highest BCUT2D eigenvalue weighted by Crippen LogP contribution is 2.36. The van der Waals surface area contributed by atoms with Crippen LogP contribution in [-0.4, -0.2) is 86.8 Å². The van der Waals surface area contributed by atoms with Gasteiger partial charge in [0, 0.05) is 72.9 Å². The summed E-state index contributed by atoms with van der Waals surface area (Å²) in [5.74, 6) is 0.414. The molecule has 14 nitrogen and oxygen atoms in total. The number of carbonyl (C=O) groups excluding carboxylic acids is 2. The number of nitro groups is 2. The van der Waals surface area contributed by atoms with Gasteiger partial charge in [-0.25, -0.2) is 9.59 Å². The van der Waals surface area contributed by atoms with E-state index in [1.54, 1.807) is 0 Å². The van der Waals surface area contributed by atoms with Crippen molar-refractivity contribution in [2.45, 2.75) is 95.2 Å². The van der Waals surface area contributed by atoms with Crippen LogP contribution in [0.15, 0.2) is 48.5 Å². The van der Waals surface area contributed by atoms with E-state index < -0.39 is 21.4 Å². The summed E-state index contributed by atoms with van der Waals surface area (Å²) in [4.78, 5) is 46.6. The zero-order valence-electron chi connectivity index (χ0n) is 25.0. The molecule has 0 aromatic heterocycles. The van der Waals surface area contributed by atoms with Gasteiger partial charge in [-0.2, -0.15) is 0 Å². The van der Waals surface area contributed by atoms with E-state index in [-0.39, 0.29) is 42.5 Å². The number of aliphatic hydroxyl groups is 1. The topological polar surface area (TPSA) is 175 Å². The van der Waals surface area contributed by atoms with Crippen molar-refractivity contribution in [3.05, 3.63) is 68.8 Å². The molecule has 4 bridgehead atoms. The third-order valence-corrected chi connectivity index (χ3v) is 8.96. The molecule has 0 radical (unpaired) electrons. The molecule has 0 saturated carbocycles. The number of carbonyl (C=O) groups is 2. The number of benzene rings is 2. The second-order valence-corrected chi connectivity index (χ2v) is 11.9. The number of nitro benzene ring substituents is 2. The van der Waals surface area contributed by atoms with E-state index in [9.17, 15) is 34.9 Å². The standard InChI is InChI=1S/C15H18N2O5.C8H15NO.C7H4ClNO4.CH4/c1-16-11-2-3-12(16)9-14(8-11)22-15(18)21-13-6-4-10(5-7-13)17(19)20;1-9-6-2-3-7(9)5-8(10)4-6;8-7(10)13-6-3-1-5(2-4-6)9(11)12;/h4-7,11-12,14H,2-3,8-9H2,1H3;6-8,10H,2-5H2,1H3;1-4H;1H4. The van der Waals surface area contributed by atoms with E-state index in [0.29, 0.717) is 24.2 Å². The molecule has 4 unspecified atom stereocenters. The van der Waals surface area contributed by atoms with Crippen LogP contribution in [0.1, 0.15) is 58.8 Å². The lowest BCUT2D eigenvalue weighted by Crippen LogP contribution is -2.43. The number of hydrogen-bond donors (Lipinski definition) is 1. The summed E-state index contributed by atoms with van der Waals surface area (Å²) in [5, 5.41) is 30.1. The van der Waals surface area contributed by atoms with Gasteiger partial charge in [0.2, 0.25) is 0 Å². The Labute approximate surface area is 272 Å². The van der Waals surface area contributed by atoms with Gasteiger partial charge in [-0.15, -0.1) is 0 Å². The fraction of sp³-hybridized carbons (Fsp3) is 0.548. The summed E-state index contributed by atoms with van der Waals surface area (Å²) < 4.78 is 14.9. The Balaban J connectivity index is 0.000000204. The van der Waals surface area contributed by atoms with Gasteiger partial charge in [0.1, 0.15) is 17.6 Å². The van der Waals surface area contributed by atoms with Crippen molar-refractivity contribution in [3.63, 3.8) is 0 Å². The number of fused-ring (bicyclic) bond motifs is 4. The Morgan fingerprint density at radius 2 is 1.11 bits per heavy atom. The largest absolute Gasteiger partial charge is 0.514 e. The number of rotatable bonds is 5. The third-order valence-electron chi connectivity index (χ3n) is 8.89. The van der Waals surface area contributed by atoms with Gasteiger partial charge in [0.15, 0.2) is 0 Å². The van der Waals surface area contributed by atoms with Crippen LogP contribution in [0, 0.1) is 20.2 Å². The van der Waals surface area contributed by atoms with Crippen molar-refractivity contribution < 1.29 is 38.8 Å². The summed E-state index contributed by atoms with van der Waals surface area (Å²) in [6.07, 6.45) is 7.73. The van der Waals surface area contributed by atoms with E-state index in [0.717, 1.165) is 38.5 Å². The molecule has 4 aliphatic heterocycles. The van der Waals surface area contributed by atoms with Gasteiger partial charge >= 0.3 is 11.6 Å². The minimum Gasteiger partial charge on any atom is -0.431 e. The van der Waals surface area contributed by atoms with E-state index in [1.165, 1.54) is 61.4 Å². The van der Waals surface area contributed by atoms with E-state index in [4.69, 9.17) is 21.1 Å². The number of piperidine rings is 2. The minimum absolute atomic E-state index is 0. The molecular weight excluding hydrogens is 624 g/mol. The van der Waals surface area contributed by atoms with E-state index >= 15 is 0 Å². The van der Waals surface area contributed by atoms with Gasteiger partial charge in [-0.3, -0.25) is 20.2 Å². The van der Waals surface area contributed by atoms with Crippen molar-refractivity contribution in [2.75, 3.05) is 14.1 Å². The molecule has 4 fully saturated rings. The Bertz CT molecular complexity index is 1320. The molecule has 4 aliphatic rings. The molecule has 2 aromatic carbocycles. The van der Waals surface area contributed by atoms with Crippen molar-refractivity contribution >= 4 is 34.6 Å². The molecule has 4 saturated heterocycles. The molecule has 4 atom stereocenters. The van der Waals surface area contributed by atoms with Crippen molar-refractivity contribution in [2.24, 2.45) is 0 Å². The predicted octanol–water partition coefficient (Wildman–Crippen LogP) is 6.31. The maximum Gasteiger partial charge on any atom is 0.514 e. The highest BCUT2D eigenvalue weighted by Gasteiger charge is 2.40. The second kappa shape index (κ2) is 16.6. The predicted molar refractivity (Wildman–Crippen MR) is 169 cm³/mol. The van der Waals surface area contributed by atoms with Gasteiger partial charge in [-0.1, -0.05) is 7.43 Å². The lowest BCUT2D eigenvalue weighted by molar-refractivity contribution is -0.385. The fourth-order valence-electron chi connectivity index (χ4n) is 6.46. The van der Waals surface area contributed by atoms with Crippen LogP contribution in [0.4, 0.5) is 21.0 Å². The molecule has 0 spiro atoms. The normalized spacial score (nSPS) is 26.2. The fourth-order valence-corrected chi connectivity index (χ4v) is 6.55. The van der Waals surface area contributed by atoms with Gasteiger partial charge in [0.25, 0.3) is 11.4 Å². The lowest BCUT2D eigenvalue weighted by atomic mass is 10.0. The van der Waals surface area contributed by atoms with Crippen LogP contribution >= 0.6 is 11.6 Å². The van der Waals surface area contributed by atoms with E-state index in [1.807, 2.05) is 0 Å². The molecule has 4 heterocycles. The number of nitrogens with zero attached hydrogens (tertiary/aromatic N) is 4. The molecule has 1 N–H and O–H groups in total. The van der Waals surface area contributed by atoms with Crippen LogP contribution in [0.25, 0.3) is 0 Å². The molecule has 0 aliphatic carbocycles. The number of hydrogen-bond acceptors (Lipinski definition) is 12. The number of ether oxygens (including phenoxy) is 3. The molecule has 15 heteroatoms. The highest BCUT2D eigenvalue weighted by atomic mass is 35.5. The number of non-ortho nitro benzene ring substituents is 2. The number of aliphatic hydroxyl groups excluding tert-OH is 1. The van der Waals surface area contributed by atoms with Crippen LogP contribution in [0.5, 0.6) is 11.5 Å². The van der Waals surface area contributed by atoms with Gasteiger partial charge in [-0.05, 0) is 76.9 Å². The number of halogens is 1. The van der Waals surface area contributed by atoms with Crippen LogP contribution in [-0.2, 0) is 4.74 Å². The maximum absolute atomic E-state index is 11.8. The molecular formula is C31H41ClN4O10. The van der Waals surface area contributed by atoms with E-state index in [2.05, 4.69) is 28.6 Å². The van der Waals surface area contributed by atoms with Gasteiger partial charge in [0.05, 0.1) is 16.0 Å². The summed E-state index contributed by atoms with van der Waals surface area (Å²) >= 11 is 4.92. The lowest BCUT2D eigenvalue weighted by Gasteiger charge is -2.35. The minimum atomic E-state index is -0.978. The smallest absolute Gasteiger partial charge is 0.431 e. The van der Waals surface area contributed by atoms with Crippen molar-refractivity contribution in [1.29, 1.82) is 0 Å². The highest BCUT2D eigenvalue weighted by molar-refractivity contribution is 6.61. The average Bonchev–Trinajstić information content (AvgIpc) is 3.31. The SMILES string of the molecule is C.CN1C2CCC1CC(O)C2.CN1C2CCC1CC(OC(=O)Oc1ccc([N+](=O)[O-])cc1)C2.O=C(Cl)Oc1ccc([N+](=O)[O-])cc1. The van der Waals surface area contributed by atoms with Crippen LogP contribution < -0.4 is 9.47 Å². The maximum atomic E-state index is 11.8. The quantitative estimate of drug-likeness (QED) is 0.124. The summed E-state index contributed by atoms with van der Waals surface area (Å²) in [5.41, 5.74) is -1.10. The summed E-state index contributed by atoms with van der Waals surface area (Å²) in [6, 6.07) is 12.7. The molecule has 0 amide bonds. The molecule has 2 aromatic rings. The van der Waals surface area contributed by atoms with Crippen LogP contribution in [0.3, 0.4) is 0 Å². The first kappa shape index (κ1) is 36.6. The Morgan fingerprint density at radius 1 is 0.739 bits per heavy atom. The summed E-state index contributed by atoms with van der Waals surface area (Å²) in [7, 11) is 4.31. The third kappa shape index (κ3) is 10.1. The first-order valence-corrected chi connectivity index (χ1v) is 15.1. The van der Waals surface area contributed by atoms with Gasteiger partial charge < -0.3 is 29.1 Å². The first-order valence-electron chi connectivity index (χ1n) is 14.8. The van der Waals surface area contributed by atoms with Crippen molar-refractivity contribution in [3.8, 4) is 11.5 Å². The van der Waals surface area contributed by atoms with Crippen LogP contribution in [0.2, 0.25) is 0 Å². The zero-order chi connectivity index (χ0) is 32.7. The molecule has 252 valence electrons. The Hall–Kier alpha value is -3.85. The molecule has 46 heavy (non-hydrogen) atoms. The monoisotopic (exact) mass is 664 g/mol. The Morgan fingerprint density at radius 3 is 1.48 bits per heavy atom. The first-order chi connectivity index (χ1) is 21.4.